The number of hydrogen-bond acceptors (Lipinski definition) is 5. The quantitative estimate of drug-likeness (QED) is 0.705. The van der Waals surface area contributed by atoms with Gasteiger partial charge in [0.1, 0.15) is 0 Å². The van der Waals surface area contributed by atoms with Crippen LogP contribution in [-0.4, -0.2) is 79.3 Å². The normalized spacial score (nSPS) is 18.3. The minimum absolute atomic E-state index is 0.0878. The largest absolute Gasteiger partial charge is 0.390 e. The molecule has 4 rings (SSSR count). The molecule has 2 aromatic rings. The molecule has 1 atom stereocenters. The number of urea groups is 1. The van der Waals surface area contributed by atoms with Crippen LogP contribution in [0.4, 0.5) is 4.79 Å². The first-order chi connectivity index (χ1) is 14.8. The van der Waals surface area contributed by atoms with E-state index in [0.29, 0.717) is 32.7 Å². The number of carbonyl (C=O) groups excluding carboxylic acids is 1. The average Bonchev–Trinajstić information content (AvgIpc) is 3.07. The Morgan fingerprint density at radius 2 is 1.61 bits per heavy atom. The second-order valence-electron chi connectivity index (χ2n) is 8.47. The molecule has 2 aliphatic heterocycles. The Hall–Kier alpha value is -2.42. The van der Waals surface area contributed by atoms with Crippen molar-refractivity contribution < 1.29 is 18.3 Å². The molecule has 1 N–H and O–H groups in total. The number of β-amino-alcohol motifs (C(OH)–C–C–N with tert-alkyl or cyclic N) is 1. The summed E-state index contributed by atoms with van der Waals surface area (Å²) in [5.74, 6) is 0. The summed E-state index contributed by atoms with van der Waals surface area (Å²) < 4.78 is 23.2. The van der Waals surface area contributed by atoms with Crippen LogP contribution in [0.25, 0.3) is 0 Å². The molecule has 0 saturated carbocycles. The predicted molar refractivity (Wildman–Crippen MR) is 118 cm³/mol. The number of amides is 2. The smallest absolute Gasteiger partial charge is 0.320 e. The Balaban J connectivity index is 1.28. The zero-order chi connectivity index (χ0) is 22.0. The van der Waals surface area contributed by atoms with E-state index in [4.69, 9.17) is 0 Å². The van der Waals surface area contributed by atoms with E-state index in [9.17, 15) is 18.3 Å². The molecule has 0 bridgehead atoms. The van der Waals surface area contributed by atoms with Crippen molar-refractivity contribution in [1.29, 1.82) is 0 Å². The van der Waals surface area contributed by atoms with Gasteiger partial charge in [0.15, 0.2) is 9.84 Å². The van der Waals surface area contributed by atoms with Gasteiger partial charge in [-0.3, -0.25) is 4.90 Å². The molecule has 7 nitrogen and oxygen atoms in total. The van der Waals surface area contributed by atoms with Crippen molar-refractivity contribution >= 4 is 15.9 Å². The number of benzene rings is 2. The lowest BCUT2D eigenvalue weighted by Crippen LogP contribution is -2.43. The molecule has 8 heteroatoms. The highest BCUT2D eigenvalue weighted by molar-refractivity contribution is 7.90. The molecule has 166 valence electrons. The molecule has 0 spiro atoms. The molecule has 2 aromatic carbocycles. The topological polar surface area (TPSA) is 81.2 Å². The van der Waals surface area contributed by atoms with Crippen LogP contribution in [0.3, 0.4) is 0 Å². The first-order valence-corrected chi connectivity index (χ1v) is 12.5. The van der Waals surface area contributed by atoms with Gasteiger partial charge in [-0.05, 0) is 35.2 Å². The van der Waals surface area contributed by atoms with Gasteiger partial charge < -0.3 is 14.9 Å². The maximum absolute atomic E-state index is 12.8. The van der Waals surface area contributed by atoms with E-state index in [-0.39, 0.29) is 10.9 Å². The first-order valence-electron chi connectivity index (χ1n) is 10.6. The van der Waals surface area contributed by atoms with Crippen LogP contribution in [0.2, 0.25) is 0 Å². The predicted octanol–water partition coefficient (Wildman–Crippen LogP) is 1.75. The van der Waals surface area contributed by atoms with E-state index >= 15 is 0 Å². The van der Waals surface area contributed by atoms with Gasteiger partial charge in [0.05, 0.1) is 11.0 Å². The van der Waals surface area contributed by atoms with Crippen LogP contribution in [-0.2, 0) is 29.3 Å². The highest BCUT2D eigenvalue weighted by Gasteiger charge is 2.30. The van der Waals surface area contributed by atoms with Crippen LogP contribution in [0, 0.1) is 0 Å². The zero-order valence-electron chi connectivity index (χ0n) is 17.8. The third kappa shape index (κ3) is 5.26. The lowest BCUT2D eigenvalue weighted by atomic mass is 10.00. The Labute approximate surface area is 183 Å². The van der Waals surface area contributed by atoms with E-state index in [1.807, 2.05) is 6.07 Å². The Morgan fingerprint density at radius 1 is 0.935 bits per heavy atom. The minimum atomic E-state index is -3.23. The number of hydrogen-bond donors (Lipinski definition) is 1. The lowest BCUT2D eigenvalue weighted by Gasteiger charge is -2.31. The number of aliphatic hydroxyl groups is 1. The molecule has 1 fully saturated rings. The van der Waals surface area contributed by atoms with Crippen molar-refractivity contribution in [2.75, 3.05) is 39.0 Å². The molecule has 2 heterocycles. The van der Waals surface area contributed by atoms with E-state index in [1.165, 1.54) is 17.4 Å². The minimum Gasteiger partial charge on any atom is -0.390 e. The first kappa shape index (κ1) is 21.8. The standard InChI is InChI=1S/C23H29N3O4S/c1-31(29,30)22-8-6-18(7-9-22)14-25-12-13-26(23(25)28)17-21(27)16-24-11-10-19-4-2-3-5-20(19)15-24/h2-9,21,27H,10-17H2,1H3. The summed E-state index contributed by atoms with van der Waals surface area (Å²) in [4.78, 5) is 18.7. The van der Waals surface area contributed by atoms with Crippen LogP contribution < -0.4 is 0 Å². The van der Waals surface area contributed by atoms with E-state index in [1.54, 1.807) is 34.1 Å². The monoisotopic (exact) mass is 443 g/mol. The van der Waals surface area contributed by atoms with Gasteiger partial charge in [0, 0.05) is 52.1 Å². The third-order valence-electron chi connectivity index (χ3n) is 6.02. The molecule has 2 aliphatic rings. The lowest BCUT2D eigenvalue weighted by molar-refractivity contribution is 0.0812. The SMILES string of the molecule is CS(=O)(=O)c1ccc(CN2CCN(CC(O)CN3CCc4ccccc4C3)C2=O)cc1. The van der Waals surface area contributed by atoms with Crippen molar-refractivity contribution in [3.63, 3.8) is 0 Å². The van der Waals surface area contributed by atoms with Gasteiger partial charge in [-0.2, -0.15) is 0 Å². The highest BCUT2D eigenvalue weighted by Crippen LogP contribution is 2.20. The van der Waals surface area contributed by atoms with Gasteiger partial charge in [-0.1, -0.05) is 36.4 Å². The second kappa shape index (κ2) is 8.98. The van der Waals surface area contributed by atoms with E-state index < -0.39 is 15.9 Å². The van der Waals surface area contributed by atoms with Crippen LogP contribution >= 0.6 is 0 Å². The van der Waals surface area contributed by atoms with Gasteiger partial charge in [0.25, 0.3) is 0 Å². The number of carbonyl (C=O) groups is 1. The number of fused-ring (bicyclic) bond motifs is 1. The Bertz CT molecular complexity index is 1040. The average molecular weight is 444 g/mol. The summed E-state index contributed by atoms with van der Waals surface area (Å²) in [7, 11) is -3.23. The van der Waals surface area contributed by atoms with Gasteiger partial charge in [-0.25, -0.2) is 13.2 Å². The number of aliphatic hydroxyl groups excluding tert-OH is 1. The molecule has 2 amide bonds. The number of rotatable bonds is 7. The summed E-state index contributed by atoms with van der Waals surface area (Å²) >= 11 is 0. The fraction of sp³-hybridized carbons (Fsp3) is 0.435. The second-order valence-corrected chi connectivity index (χ2v) is 10.5. The fourth-order valence-electron chi connectivity index (χ4n) is 4.33. The van der Waals surface area contributed by atoms with Gasteiger partial charge in [-0.15, -0.1) is 0 Å². The van der Waals surface area contributed by atoms with Gasteiger partial charge in [0.2, 0.25) is 0 Å². The molecule has 1 saturated heterocycles. The maximum Gasteiger partial charge on any atom is 0.320 e. The summed E-state index contributed by atoms with van der Waals surface area (Å²) in [5, 5.41) is 10.6. The molecule has 0 aromatic heterocycles. The number of nitrogens with zero attached hydrogens (tertiary/aromatic N) is 3. The highest BCUT2D eigenvalue weighted by atomic mass is 32.2. The zero-order valence-corrected chi connectivity index (χ0v) is 18.6. The van der Waals surface area contributed by atoms with Crippen LogP contribution in [0.1, 0.15) is 16.7 Å². The van der Waals surface area contributed by atoms with E-state index in [2.05, 4.69) is 23.1 Å². The fourth-order valence-corrected chi connectivity index (χ4v) is 4.96. The molecule has 0 radical (unpaired) electrons. The van der Waals surface area contributed by atoms with Crippen LogP contribution in [0.5, 0.6) is 0 Å². The maximum atomic E-state index is 12.8. The van der Waals surface area contributed by atoms with E-state index in [0.717, 1.165) is 25.1 Å². The van der Waals surface area contributed by atoms with Crippen molar-refractivity contribution in [1.82, 2.24) is 14.7 Å². The van der Waals surface area contributed by atoms with Crippen molar-refractivity contribution in [3.8, 4) is 0 Å². The summed E-state index contributed by atoms with van der Waals surface area (Å²) in [6.07, 6.45) is 1.57. The Kier molecular flexibility index (Phi) is 6.31. The summed E-state index contributed by atoms with van der Waals surface area (Å²) in [6, 6.07) is 15.0. The molecular formula is C23H29N3O4S. The summed E-state index contributed by atoms with van der Waals surface area (Å²) in [6.45, 7) is 4.22. The Morgan fingerprint density at radius 3 is 2.32 bits per heavy atom. The van der Waals surface area contributed by atoms with Crippen molar-refractivity contribution in [2.24, 2.45) is 0 Å². The van der Waals surface area contributed by atoms with Crippen LogP contribution in [0.15, 0.2) is 53.4 Å². The molecule has 0 aliphatic carbocycles. The molecule has 1 unspecified atom stereocenters. The van der Waals surface area contributed by atoms with Gasteiger partial charge >= 0.3 is 6.03 Å². The van der Waals surface area contributed by atoms with Crippen molar-refractivity contribution in [2.45, 2.75) is 30.5 Å². The summed E-state index contributed by atoms with van der Waals surface area (Å²) in [5.41, 5.74) is 3.57. The van der Waals surface area contributed by atoms with Crippen molar-refractivity contribution in [3.05, 3.63) is 65.2 Å². The molecular weight excluding hydrogens is 414 g/mol. The third-order valence-corrected chi connectivity index (χ3v) is 7.14. The number of sulfone groups is 1. The molecule has 31 heavy (non-hydrogen) atoms.